The predicted molar refractivity (Wildman–Crippen MR) is 57.3 cm³/mol. The SMILES string of the molecule is CCc1c(C)cc(C2CC2)cc1C. The lowest BCUT2D eigenvalue weighted by Crippen LogP contribution is -1.94. The Labute approximate surface area is 81.0 Å². The normalized spacial score (nSPS) is 16.2. The Morgan fingerprint density at radius 2 is 1.69 bits per heavy atom. The highest BCUT2D eigenvalue weighted by Crippen LogP contribution is 2.41. The summed E-state index contributed by atoms with van der Waals surface area (Å²) in [7, 11) is 0. The first-order valence-corrected chi connectivity index (χ1v) is 5.32. The molecule has 0 aliphatic heterocycles. The van der Waals surface area contributed by atoms with Gasteiger partial charge in [0.15, 0.2) is 0 Å². The summed E-state index contributed by atoms with van der Waals surface area (Å²) < 4.78 is 0. The molecule has 0 heterocycles. The number of hydrogen-bond acceptors (Lipinski definition) is 0. The van der Waals surface area contributed by atoms with Gasteiger partial charge in [0.05, 0.1) is 0 Å². The number of rotatable bonds is 2. The van der Waals surface area contributed by atoms with E-state index in [1.54, 1.807) is 11.1 Å². The third kappa shape index (κ3) is 1.63. The summed E-state index contributed by atoms with van der Waals surface area (Å²) in [5, 5.41) is 0. The Morgan fingerprint density at radius 3 is 2.08 bits per heavy atom. The van der Waals surface area contributed by atoms with Crippen molar-refractivity contribution in [1.29, 1.82) is 0 Å². The van der Waals surface area contributed by atoms with E-state index in [2.05, 4.69) is 32.9 Å². The number of hydrogen-bond donors (Lipinski definition) is 0. The highest BCUT2D eigenvalue weighted by atomic mass is 14.3. The molecule has 2 rings (SSSR count). The first-order chi connectivity index (χ1) is 6.22. The fourth-order valence-electron chi connectivity index (χ4n) is 2.24. The van der Waals surface area contributed by atoms with E-state index in [1.165, 1.54) is 30.4 Å². The molecule has 1 aliphatic rings. The van der Waals surface area contributed by atoms with Gasteiger partial charge in [-0.1, -0.05) is 19.1 Å². The molecule has 1 saturated carbocycles. The molecule has 0 radical (unpaired) electrons. The third-order valence-corrected chi connectivity index (χ3v) is 3.12. The van der Waals surface area contributed by atoms with Crippen LogP contribution in [0.25, 0.3) is 0 Å². The molecular weight excluding hydrogens is 156 g/mol. The van der Waals surface area contributed by atoms with E-state index in [4.69, 9.17) is 0 Å². The average molecular weight is 174 g/mol. The van der Waals surface area contributed by atoms with Gasteiger partial charge in [0.25, 0.3) is 0 Å². The van der Waals surface area contributed by atoms with E-state index in [9.17, 15) is 0 Å². The third-order valence-electron chi connectivity index (χ3n) is 3.12. The van der Waals surface area contributed by atoms with Gasteiger partial charge in [-0.25, -0.2) is 0 Å². The van der Waals surface area contributed by atoms with Gasteiger partial charge < -0.3 is 0 Å². The van der Waals surface area contributed by atoms with Crippen LogP contribution in [0.1, 0.15) is 47.9 Å². The van der Waals surface area contributed by atoms with E-state index >= 15 is 0 Å². The van der Waals surface area contributed by atoms with Gasteiger partial charge >= 0.3 is 0 Å². The first kappa shape index (κ1) is 8.80. The molecule has 0 nitrogen and oxygen atoms in total. The van der Waals surface area contributed by atoms with Crippen LogP contribution >= 0.6 is 0 Å². The van der Waals surface area contributed by atoms with Crippen LogP contribution in [0.4, 0.5) is 0 Å². The van der Waals surface area contributed by atoms with Crippen molar-refractivity contribution in [2.45, 2.75) is 46.0 Å². The van der Waals surface area contributed by atoms with Gasteiger partial charge in [0, 0.05) is 0 Å². The lowest BCUT2D eigenvalue weighted by Gasteiger charge is -2.10. The summed E-state index contributed by atoms with van der Waals surface area (Å²) in [6.45, 7) is 6.74. The van der Waals surface area contributed by atoms with E-state index < -0.39 is 0 Å². The van der Waals surface area contributed by atoms with Gasteiger partial charge in [-0.05, 0) is 61.3 Å². The average Bonchev–Trinajstić information content (AvgIpc) is 2.85. The van der Waals surface area contributed by atoms with E-state index in [-0.39, 0.29) is 0 Å². The molecule has 0 amide bonds. The molecule has 0 heteroatoms. The zero-order chi connectivity index (χ0) is 9.42. The summed E-state index contributed by atoms with van der Waals surface area (Å²) in [6.07, 6.45) is 3.98. The van der Waals surface area contributed by atoms with Crippen molar-refractivity contribution in [3.63, 3.8) is 0 Å². The van der Waals surface area contributed by atoms with Crippen LogP contribution in [-0.2, 0) is 6.42 Å². The van der Waals surface area contributed by atoms with Crippen molar-refractivity contribution in [2.75, 3.05) is 0 Å². The van der Waals surface area contributed by atoms with Crippen LogP contribution in [-0.4, -0.2) is 0 Å². The number of benzene rings is 1. The Kier molecular flexibility index (Phi) is 2.15. The molecule has 1 aromatic rings. The lowest BCUT2D eigenvalue weighted by atomic mass is 9.96. The minimum absolute atomic E-state index is 0.892. The van der Waals surface area contributed by atoms with Gasteiger partial charge in [-0.15, -0.1) is 0 Å². The molecule has 0 saturated heterocycles. The highest BCUT2D eigenvalue weighted by molar-refractivity contribution is 5.40. The smallest absolute Gasteiger partial charge is 0.0161 e. The van der Waals surface area contributed by atoms with Crippen molar-refractivity contribution in [2.24, 2.45) is 0 Å². The van der Waals surface area contributed by atoms with Crippen LogP contribution in [0.3, 0.4) is 0 Å². The minimum Gasteiger partial charge on any atom is -0.0613 e. The second-order valence-electron chi connectivity index (χ2n) is 4.26. The lowest BCUT2D eigenvalue weighted by molar-refractivity contribution is 1.04. The van der Waals surface area contributed by atoms with Crippen LogP contribution in [0.2, 0.25) is 0 Å². The predicted octanol–water partition coefficient (Wildman–Crippen LogP) is 3.74. The molecular formula is C13H18. The summed E-state index contributed by atoms with van der Waals surface area (Å²) in [5.41, 5.74) is 6.10. The molecule has 0 aromatic heterocycles. The van der Waals surface area contributed by atoms with Crippen LogP contribution < -0.4 is 0 Å². The van der Waals surface area contributed by atoms with Crippen LogP contribution in [0.15, 0.2) is 12.1 Å². The summed E-state index contributed by atoms with van der Waals surface area (Å²) >= 11 is 0. The van der Waals surface area contributed by atoms with Crippen LogP contribution in [0.5, 0.6) is 0 Å². The molecule has 0 unspecified atom stereocenters. The van der Waals surface area contributed by atoms with E-state index in [1.807, 2.05) is 0 Å². The maximum absolute atomic E-state index is 2.39. The molecule has 1 aliphatic carbocycles. The molecule has 0 N–H and O–H groups in total. The topological polar surface area (TPSA) is 0 Å². The Morgan fingerprint density at radius 1 is 1.15 bits per heavy atom. The Hall–Kier alpha value is -0.780. The summed E-state index contributed by atoms with van der Waals surface area (Å²) in [6, 6.07) is 4.78. The summed E-state index contributed by atoms with van der Waals surface area (Å²) in [4.78, 5) is 0. The van der Waals surface area contributed by atoms with Crippen molar-refractivity contribution in [1.82, 2.24) is 0 Å². The van der Waals surface area contributed by atoms with Crippen molar-refractivity contribution in [3.8, 4) is 0 Å². The quantitative estimate of drug-likeness (QED) is 0.640. The molecule has 70 valence electrons. The van der Waals surface area contributed by atoms with Gasteiger partial charge in [0.2, 0.25) is 0 Å². The maximum atomic E-state index is 2.39. The number of aryl methyl sites for hydroxylation is 2. The molecule has 0 atom stereocenters. The fraction of sp³-hybridized carbons (Fsp3) is 0.538. The second-order valence-corrected chi connectivity index (χ2v) is 4.26. The van der Waals surface area contributed by atoms with Gasteiger partial charge in [-0.2, -0.15) is 0 Å². The van der Waals surface area contributed by atoms with Gasteiger partial charge in [-0.3, -0.25) is 0 Å². The van der Waals surface area contributed by atoms with Gasteiger partial charge in [0.1, 0.15) is 0 Å². The maximum Gasteiger partial charge on any atom is -0.0161 e. The van der Waals surface area contributed by atoms with Crippen LogP contribution in [0, 0.1) is 13.8 Å². The second kappa shape index (κ2) is 3.17. The summed E-state index contributed by atoms with van der Waals surface area (Å²) in [5.74, 6) is 0.892. The molecule has 0 spiro atoms. The first-order valence-electron chi connectivity index (χ1n) is 5.32. The highest BCUT2D eigenvalue weighted by Gasteiger charge is 2.24. The largest absolute Gasteiger partial charge is 0.0613 e. The van der Waals surface area contributed by atoms with Crippen molar-refractivity contribution >= 4 is 0 Å². The van der Waals surface area contributed by atoms with E-state index in [0.29, 0.717) is 0 Å². The van der Waals surface area contributed by atoms with Crippen molar-refractivity contribution < 1.29 is 0 Å². The standard InChI is InChI=1S/C13H18/c1-4-13-9(2)7-12(8-10(13)3)11-5-6-11/h7-8,11H,4-6H2,1-3H3. The Bertz CT molecular complexity index is 296. The fourth-order valence-corrected chi connectivity index (χ4v) is 2.24. The monoisotopic (exact) mass is 174 g/mol. The van der Waals surface area contributed by atoms with E-state index in [0.717, 1.165) is 5.92 Å². The van der Waals surface area contributed by atoms with Crippen molar-refractivity contribution in [3.05, 3.63) is 34.4 Å². The molecule has 1 fully saturated rings. The Balaban J connectivity index is 2.42. The molecule has 0 bridgehead atoms. The zero-order valence-electron chi connectivity index (χ0n) is 8.85. The molecule has 13 heavy (non-hydrogen) atoms. The zero-order valence-corrected chi connectivity index (χ0v) is 8.85. The molecule has 1 aromatic carbocycles. The minimum atomic E-state index is 0.892.